The third kappa shape index (κ3) is 5.53. The predicted octanol–water partition coefficient (Wildman–Crippen LogP) is 5.02. The number of thioether (sulfide) groups is 1. The van der Waals surface area contributed by atoms with Crippen LogP contribution in [-0.2, 0) is 20.9 Å². The van der Waals surface area contributed by atoms with Gasteiger partial charge in [0, 0.05) is 18.1 Å². The van der Waals surface area contributed by atoms with Crippen LogP contribution in [0.25, 0.3) is 11.0 Å². The van der Waals surface area contributed by atoms with Gasteiger partial charge in [0.05, 0.1) is 35.4 Å². The maximum Gasteiger partial charge on any atom is 0.309 e. The van der Waals surface area contributed by atoms with Crippen LogP contribution in [0.3, 0.4) is 0 Å². The van der Waals surface area contributed by atoms with Crippen LogP contribution in [-0.4, -0.2) is 51.3 Å². The molecule has 3 aromatic rings. The van der Waals surface area contributed by atoms with Gasteiger partial charge in [-0.15, -0.1) is 0 Å². The summed E-state index contributed by atoms with van der Waals surface area (Å²) < 4.78 is 7.28. The Balaban J connectivity index is 1.49. The zero-order chi connectivity index (χ0) is 23.4. The fraction of sp³-hybridized carbons (Fsp3) is 0.400. The second-order valence-corrected chi connectivity index (χ2v) is 9.96. The van der Waals surface area contributed by atoms with Gasteiger partial charge in [-0.05, 0) is 50.5 Å². The van der Waals surface area contributed by atoms with Gasteiger partial charge in [0.25, 0.3) is 0 Å². The van der Waals surface area contributed by atoms with Gasteiger partial charge in [0.15, 0.2) is 5.16 Å². The SMILES string of the molecule is CCOC(=O)C1CCN(C(=O)C(C)Sc2nc3cc(Cl)ccc3n2Cc2ccccc2)CC1. The van der Waals surface area contributed by atoms with Gasteiger partial charge in [0.1, 0.15) is 0 Å². The Morgan fingerprint density at radius 3 is 2.61 bits per heavy atom. The summed E-state index contributed by atoms with van der Waals surface area (Å²) in [5, 5.41) is 1.13. The van der Waals surface area contributed by atoms with Crippen LogP contribution < -0.4 is 0 Å². The van der Waals surface area contributed by atoms with Gasteiger partial charge in [0.2, 0.25) is 5.91 Å². The van der Waals surface area contributed by atoms with Crippen LogP contribution in [0.2, 0.25) is 5.02 Å². The molecule has 174 valence electrons. The average molecular weight is 486 g/mol. The lowest BCUT2D eigenvalue weighted by Gasteiger charge is -2.32. The zero-order valence-corrected chi connectivity index (χ0v) is 20.4. The molecule has 0 radical (unpaired) electrons. The number of amides is 1. The molecule has 0 spiro atoms. The van der Waals surface area contributed by atoms with Gasteiger partial charge in [-0.25, -0.2) is 4.98 Å². The molecule has 2 aromatic carbocycles. The summed E-state index contributed by atoms with van der Waals surface area (Å²) >= 11 is 7.67. The van der Waals surface area contributed by atoms with E-state index in [-0.39, 0.29) is 23.0 Å². The number of fused-ring (bicyclic) bond motifs is 1. The minimum absolute atomic E-state index is 0.0682. The Bertz CT molecular complexity index is 1130. The average Bonchev–Trinajstić information content (AvgIpc) is 3.15. The highest BCUT2D eigenvalue weighted by Crippen LogP contribution is 2.31. The lowest BCUT2D eigenvalue weighted by molar-refractivity contribution is -0.151. The summed E-state index contributed by atoms with van der Waals surface area (Å²) in [6.45, 7) is 5.93. The lowest BCUT2D eigenvalue weighted by atomic mass is 9.97. The number of hydrogen-bond donors (Lipinski definition) is 0. The number of benzene rings is 2. The van der Waals surface area contributed by atoms with Crippen LogP contribution in [0, 0.1) is 5.92 Å². The molecule has 6 nitrogen and oxygen atoms in total. The molecule has 2 heterocycles. The van der Waals surface area contributed by atoms with E-state index in [0.717, 1.165) is 21.8 Å². The van der Waals surface area contributed by atoms with Crippen molar-refractivity contribution in [3.63, 3.8) is 0 Å². The van der Waals surface area contributed by atoms with E-state index in [9.17, 15) is 9.59 Å². The predicted molar refractivity (Wildman–Crippen MR) is 132 cm³/mol. The van der Waals surface area contributed by atoms with Crippen molar-refractivity contribution in [1.29, 1.82) is 0 Å². The van der Waals surface area contributed by atoms with Crippen molar-refractivity contribution in [3.05, 3.63) is 59.1 Å². The third-order valence-corrected chi connectivity index (χ3v) is 7.23. The molecular weight excluding hydrogens is 458 g/mol. The molecule has 0 saturated carbocycles. The number of rotatable bonds is 7. The van der Waals surface area contributed by atoms with Gasteiger partial charge >= 0.3 is 5.97 Å². The van der Waals surface area contributed by atoms with Crippen LogP contribution >= 0.6 is 23.4 Å². The standard InChI is InChI=1S/C25H28ClN3O3S/c1-3-32-24(31)19-11-13-28(14-12-19)23(30)17(2)33-25-27-21-15-20(26)9-10-22(21)29(25)16-18-7-5-4-6-8-18/h4-10,15,17,19H,3,11-14,16H2,1-2H3. The number of halogens is 1. The van der Waals surface area contributed by atoms with Crippen molar-refractivity contribution < 1.29 is 14.3 Å². The second kappa shape index (κ2) is 10.6. The van der Waals surface area contributed by atoms with Crippen molar-refractivity contribution in [2.45, 2.75) is 43.6 Å². The molecule has 1 unspecified atom stereocenters. The molecule has 1 fully saturated rings. The maximum atomic E-state index is 13.2. The summed E-state index contributed by atoms with van der Waals surface area (Å²) in [4.78, 5) is 31.8. The third-order valence-electron chi connectivity index (χ3n) is 5.92. The van der Waals surface area contributed by atoms with E-state index in [0.29, 0.717) is 44.1 Å². The number of esters is 1. The number of nitrogens with zero attached hydrogens (tertiary/aromatic N) is 3. The molecule has 1 atom stereocenters. The van der Waals surface area contributed by atoms with Crippen LogP contribution in [0.1, 0.15) is 32.3 Å². The van der Waals surface area contributed by atoms with Gasteiger partial charge in [-0.1, -0.05) is 53.7 Å². The van der Waals surface area contributed by atoms with Gasteiger partial charge in [-0.3, -0.25) is 9.59 Å². The number of likely N-dealkylation sites (tertiary alicyclic amines) is 1. The molecule has 1 aromatic heterocycles. The summed E-state index contributed by atoms with van der Waals surface area (Å²) in [7, 11) is 0. The van der Waals surface area contributed by atoms with E-state index in [1.165, 1.54) is 11.8 Å². The molecule has 1 saturated heterocycles. The number of carbonyl (C=O) groups is 2. The van der Waals surface area contributed by atoms with Crippen molar-refractivity contribution in [2.24, 2.45) is 5.92 Å². The largest absolute Gasteiger partial charge is 0.466 e. The summed E-state index contributed by atoms with van der Waals surface area (Å²) in [5.41, 5.74) is 2.96. The minimum Gasteiger partial charge on any atom is -0.466 e. The molecule has 1 aliphatic heterocycles. The van der Waals surface area contributed by atoms with Crippen molar-refractivity contribution in [1.82, 2.24) is 14.5 Å². The number of ether oxygens (including phenoxy) is 1. The molecule has 0 bridgehead atoms. The molecule has 4 rings (SSSR count). The first-order valence-electron chi connectivity index (χ1n) is 11.3. The van der Waals surface area contributed by atoms with E-state index in [4.69, 9.17) is 21.3 Å². The van der Waals surface area contributed by atoms with Crippen LogP contribution in [0.4, 0.5) is 0 Å². The number of imidazole rings is 1. The van der Waals surface area contributed by atoms with Crippen LogP contribution in [0.5, 0.6) is 0 Å². The highest BCUT2D eigenvalue weighted by Gasteiger charge is 2.31. The Morgan fingerprint density at radius 2 is 1.91 bits per heavy atom. The number of carbonyl (C=O) groups excluding carboxylic acids is 2. The van der Waals surface area contributed by atoms with Gasteiger partial charge in [-0.2, -0.15) is 0 Å². The van der Waals surface area contributed by atoms with Crippen molar-refractivity contribution >= 4 is 46.3 Å². The topological polar surface area (TPSA) is 64.4 Å². The Morgan fingerprint density at radius 1 is 1.18 bits per heavy atom. The smallest absolute Gasteiger partial charge is 0.309 e. The Hall–Kier alpha value is -2.51. The summed E-state index contributed by atoms with van der Waals surface area (Å²) in [5.74, 6) is -0.198. The van der Waals surface area contributed by atoms with E-state index >= 15 is 0 Å². The maximum absolute atomic E-state index is 13.2. The first-order chi connectivity index (χ1) is 16.0. The summed E-state index contributed by atoms with van der Waals surface area (Å²) in [6.07, 6.45) is 1.29. The molecular formula is C25H28ClN3O3S. The molecule has 0 aliphatic carbocycles. The molecule has 8 heteroatoms. The van der Waals surface area contributed by atoms with Crippen LogP contribution in [0.15, 0.2) is 53.7 Å². The Kier molecular flexibility index (Phi) is 7.60. The lowest BCUT2D eigenvalue weighted by Crippen LogP contribution is -2.43. The fourth-order valence-electron chi connectivity index (χ4n) is 4.15. The number of piperidine rings is 1. The zero-order valence-electron chi connectivity index (χ0n) is 18.9. The molecule has 1 aliphatic rings. The van der Waals surface area contributed by atoms with E-state index in [1.54, 1.807) is 0 Å². The highest BCUT2D eigenvalue weighted by atomic mass is 35.5. The highest BCUT2D eigenvalue weighted by molar-refractivity contribution is 8.00. The van der Waals surface area contributed by atoms with E-state index in [2.05, 4.69) is 16.7 Å². The fourth-order valence-corrected chi connectivity index (χ4v) is 5.32. The normalized spacial score (nSPS) is 15.5. The molecule has 33 heavy (non-hydrogen) atoms. The van der Waals surface area contributed by atoms with E-state index < -0.39 is 0 Å². The monoisotopic (exact) mass is 485 g/mol. The Labute approximate surface area is 203 Å². The second-order valence-electron chi connectivity index (χ2n) is 8.21. The van der Waals surface area contributed by atoms with Gasteiger partial charge < -0.3 is 14.2 Å². The van der Waals surface area contributed by atoms with Crippen molar-refractivity contribution in [2.75, 3.05) is 19.7 Å². The van der Waals surface area contributed by atoms with Crippen molar-refractivity contribution in [3.8, 4) is 0 Å². The first-order valence-corrected chi connectivity index (χ1v) is 12.5. The summed E-state index contributed by atoms with van der Waals surface area (Å²) in [6, 6.07) is 15.9. The number of aromatic nitrogens is 2. The number of hydrogen-bond acceptors (Lipinski definition) is 5. The first kappa shape index (κ1) is 23.6. The molecule has 0 N–H and O–H groups in total. The quantitative estimate of drug-likeness (QED) is 0.347. The minimum atomic E-state index is -0.300. The molecule has 1 amide bonds. The van der Waals surface area contributed by atoms with E-state index in [1.807, 2.05) is 55.1 Å².